The van der Waals surface area contributed by atoms with Gasteiger partial charge in [0.2, 0.25) is 0 Å². The van der Waals surface area contributed by atoms with Gasteiger partial charge in [0.15, 0.2) is 0 Å². The summed E-state index contributed by atoms with van der Waals surface area (Å²) in [5, 5.41) is 0. The molecule has 0 saturated heterocycles. The van der Waals surface area contributed by atoms with Crippen LogP contribution in [-0.2, 0) is 10.3 Å². The first-order chi connectivity index (χ1) is 8.93. The van der Waals surface area contributed by atoms with Crippen LogP contribution in [0.25, 0.3) is 0 Å². The summed E-state index contributed by atoms with van der Waals surface area (Å²) in [5.41, 5.74) is 6.97. The van der Waals surface area contributed by atoms with Crippen LogP contribution in [0, 0.1) is 6.92 Å². The van der Waals surface area contributed by atoms with Crippen molar-refractivity contribution in [3.05, 3.63) is 28.8 Å². The van der Waals surface area contributed by atoms with Crippen molar-refractivity contribution in [1.82, 2.24) is 5.48 Å². The number of benzene rings is 1. The molecule has 0 saturated carbocycles. The fourth-order valence-electron chi connectivity index (χ4n) is 2.66. The van der Waals surface area contributed by atoms with E-state index in [1.54, 1.807) is 7.11 Å². The Morgan fingerprint density at radius 2 is 2.05 bits per heavy atom. The van der Waals surface area contributed by atoms with E-state index in [-0.39, 0.29) is 11.5 Å². The second-order valence-electron chi connectivity index (χ2n) is 6.35. The van der Waals surface area contributed by atoms with Crippen molar-refractivity contribution in [2.45, 2.75) is 52.0 Å². The van der Waals surface area contributed by atoms with Crippen molar-refractivity contribution in [3.63, 3.8) is 0 Å². The van der Waals surface area contributed by atoms with Crippen LogP contribution in [0.3, 0.4) is 0 Å². The average molecular weight is 263 g/mol. The summed E-state index contributed by atoms with van der Waals surface area (Å²) in [4.78, 5) is 5.15. The van der Waals surface area contributed by atoms with Crippen molar-refractivity contribution in [1.29, 1.82) is 0 Å². The lowest BCUT2D eigenvalue weighted by atomic mass is 9.83. The maximum Gasteiger partial charge on any atom is 0.127 e. The van der Waals surface area contributed by atoms with Gasteiger partial charge in [-0.25, -0.2) is 0 Å². The molecule has 1 aromatic rings. The molecule has 1 aliphatic heterocycles. The van der Waals surface area contributed by atoms with E-state index in [4.69, 9.17) is 9.57 Å². The summed E-state index contributed by atoms with van der Waals surface area (Å²) in [7, 11) is 1.67. The van der Waals surface area contributed by atoms with Crippen LogP contribution in [0.15, 0.2) is 12.1 Å². The highest BCUT2D eigenvalue weighted by atomic mass is 16.6. The zero-order valence-corrected chi connectivity index (χ0v) is 12.7. The van der Waals surface area contributed by atoms with Gasteiger partial charge in [0.25, 0.3) is 0 Å². The van der Waals surface area contributed by atoms with Gasteiger partial charge in [-0.2, -0.15) is 5.48 Å². The number of rotatable bonds is 2. The predicted octanol–water partition coefficient (Wildman–Crippen LogP) is 3.66. The zero-order chi connectivity index (χ0) is 14.0. The van der Waals surface area contributed by atoms with Crippen LogP contribution in [0.1, 0.15) is 56.3 Å². The number of fused-ring (bicyclic) bond motifs is 1. The van der Waals surface area contributed by atoms with E-state index >= 15 is 0 Å². The Labute approximate surface area is 116 Å². The molecule has 1 N–H and O–H groups in total. The van der Waals surface area contributed by atoms with Crippen molar-refractivity contribution in [3.8, 4) is 5.75 Å². The quantitative estimate of drug-likeness (QED) is 0.826. The average Bonchev–Trinajstić information content (AvgIpc) is 2.51. The van der Waals surface area contributed by atoms with E-state index in [1.807, 2.05) is 0 Å². The maximum absolute atomic E-state index is 6.04. The monoisotopic (exact) mass is 263 g/mol. The highest BCUT2D eigenvalue weighted by Crippen LogP contribution is 2.40. The minimum Gasteiger partial charge on any atom is -0.493 e. The first-order valence-corrected chi connectivity index (χ1v) is 7.00. The number of hydrogen-bond donors (Lipinski definition) is 1. The van der Waals surface area contributed by atoms with Crippen LogP contribution in [0.2, 0.25) is 0 Å². The van der Waals surface area contributed by atoms with Gasteiger partial charge in [-0.05, 0) is 25.2 Å². The third kappa shape index (κ3) is 3.10. The highest BCUT2D eigenvalue weighted by molar-refractivity contribution is 5.49. The van der Waals surface area contributed by atoms with E-state index in [2.05, 4.69) is 45.3 Å². The molecule has 1 unspecified atom stereocenters. The molecule has 0 aromatic heterocycles. The Hall–Kier alpha value is -1.06. The molecule has 0 radical (unpaired) electrons. The molecule has 0 spiro atoms. The fraction of sp³-hybridized carbons (Fsp3) is 0.625. The van der Waals surface area contributed by atoms with Gasteiger partial charge in [-0.3, -0.25) is 0 Å². The van der Waals surface area contributed by atoms with Crippen LogP contribution in [-0.4, -0.2) is 13.7 Å². The molecule has 19 heavy (non-hydrogen) atoms. The lowest BCUT2D eigenvalue weighted by Crippen LogP contribution is -2.21. The van der Waals surface area contributed by atoms with Crippen LogP contribution in [0.5, 0.6) is 5.75 Å². The molecular formula is C16H25NO2. The molecule has 1 aliphatic rings. The second kappa shape index (κ2) is 5.51. The van der Waals surface area contributed by atoms with Gasteiger partial charge in [0.1, 0.15) is 5.75 Å². The number of nitrogens with one attached hydrogen (secondary N) is 1. The smallest absolute Gasteiger partial charge is 0.127 e. The van der Waals surface area contributed by atoms with Gasteiger partial charge < -0.3 is 9.57 Å². The van der Waals surface area contributed by atoms with E-state index in [0.29, 0.717) is 0 Å². The lowest BCUT2D eigenvalue weighted by molar-refractivity contribution is 0.0579. The molecule has 1 heterocycles. The molecule has 3 heteroatoms. The number of ether oxygens (including phenoxy) is 1. The van der Waals surface area contributed by atoms with E-state index in [9.17, 15) is 0 Å². The normalized spacial score (nSPS) is 19.5. The van der Waals surface area contributed by atoms with Crippen molar-refractivity contribution >= 4 is 0 Å². The topological polar surface area (TPSA) is 30.5 Å². The maximum atomic E-state index is 6.04. The fourth-order valence-corrected chi connectivity index (χ4v) is 2.66. The Morgan fingerprint density at radius 1 is 1.32 bits per heavy atom. The Bertz CT molecular complexity index is 449. The molecule has 1 atom stereocenters. The van der Waals surface area contributed by atoms with E-state index in [0.717, 1.165) is 25.2 Å². The lowest BCUT2D eigenvalue weighted by Gasteiger charge is -2.26. The number of hydrogen-bond acceptors (Lipinski definition) is 3. The molecule has 0 bridgehead atoms. The summed E-state index contributed by atoms with van der Waals surface area (Å²) in [6.45, 7) is 9.62. The van der Waals surface area contributed by atoms with Gasteiger partial charge in [-0.1, -0.05) is 38.5 Å². The van der Waals surface area contributed by atoms with Crippen molar-refractivity contribution in [2.24, 2.45) is 0 Å². The van der Waals surface area contributed by atoms with Crippen molar-refractivity contribution in [2.75, 3.05) is 13.7 Å². The summed E-state index contributed by atoms with van der Waals surface area (Å²) < 4.78 is 6.04. The van der Waals surface area contributed by atoms with E-state index in [1.165, 1.54) is 16.7 Å². The molecule has 0 amide bonds. The summed E-state index contributed by atoms with van der Waals surface area (Å²) in [6.07, 6.45) is 2.08. The first-order valence-electron chi connectivity index (χ1n) is 7.00. The molecule has 1 aromatic carbocycles. The Morgan fingerprint density at radius 3 is 2.68 bits per heavy atom. The summed E-state index contributed by atoms with van der Waals surface area (Å²) in [5.74, 6) is 1.05. The molecule has 0 aliphatic carbocycles. The van der Waals surface area contributed by atoms with E-state index < -0.39 is 0 Å². The molecule has 2 rings (SSSR count). The molecule has 3 nitrogen and oxygen atoms in total. The van der Waals surface area contributed by atoms with Gasteiger partial charge >= 0.3 is 0 Å². The number of hydroxylamine groups is 1. The Kier molecular flexibility index (Phi) is 4.16. The molecule has 106 valence electrons. The third-order valence-corrected chi connectivity index (χ3v) is 3.59. The third-order valence-electron chi connectivity index (χ3n) is 3.59. The predicted molar refractivity (Wildman–Crippen MR) is 77.5 cm³/mol. The van der Waals surface area contributed by atoms with Gasteiger partial charge in [-0.15, -0.1) is 0 Å². The minimum absolute atomic E-state index is 0.0814. The summed E-state index contributed by atoms with van der Waals surface area (Å²) >= 11 is 0. The van der Waals surface area contributed by atoms with Crippen LogP contribution in [0.4, 0.5) is 0 Å². The first kappa shape index (κ1) is 14.4. The van der Waals surface area contributed by atoms with Gasteiger partial charge in [0, 0.05) is 11.1 Å². The second-order valence-corrected chi connectivity index (χ2v) is 6.35. The SMILES string of the molecule is CONC1CCCOc2c1cc(C)cc2C(C)(C)C. The zero-order valence-electron chi connectivity index (χ0n) is 12.7. The number of aryl methyl sites for hydroxylation is 1. The Balaban J connectivity index is 2.55. The van der Waals surface area contributed by atoms with Gasteiger partial charge in [0.05, 0.1) is 19.8 Å². The van der Waals surface area contributed by atoms with Crippen LogP contribution < -0.4 is 10.2 Å². The van der Waals surface area contributed by atoms with Crippen molar-refractivity contribution < 1.29 is 9.57 Å². The largest absolute Gasteiger partial charge is 0.493 e. The summed E-state index contributed by atoms with van der Waals surface area (Å²) in [6, 6.07) is 4.67. The molecule has 0 fully saturated rings. The molecular weight excluding hydrogens is 238 g/mol. The minimum atomic E-state index is 0.0814. The standard InChI is InChI=1S/C16H25NO2/c1-11-9-12-14(17-18-5)7-6-8-19-15(12)13(10-11)16(2,3)4/h9-10,14,17H,6-8H2,1-5H3. The highest BCUT2D eigenvalue weighted by Gasteiger charge is 2.27. The van der Waals surface area contributed by atoms with Crippen LogP contribution >= 0.6 is 0 Å².